The van der Waals surface area contributed by atoms with Crippen molar-refractivity contribution in [1.82, 2.24) is 15.5 Å². The van der Waals surface area contributed by atoms with Gasteiger partial charge in [0.05, 0.1) is 12.1 Å². The molecule has 5 heteroatoms. The summed E-state index contributed by atoms with van der Waals surface area (Å²) in [5.41, 5.74) is -0.598. The van der Waals surface area contributed by atoms with Gasteiger partial charge >= 0.3 is 0 Å². The summed E-state index contributed by atoms with van der Waals surface area (Å²) in [7, 11) is 3.90. The van der Waals surface area contributed by atoms with E-state index in [9.17, 15) is 9.59 Å². The van der Waals surface area contributed by atoms with Crippen LogP contribution < -0.4 is 10.6 Å². The Morgan fingerprint density at radius 1 is 1.44 bits per heavy atom. The van der Waals surface area contributed by atoms with Gasteiger partial charge in [0.1, 0.15) is 6.29 Å². The van der Waals surface area contributed by atoms with Crippen LogP contribution in [0.15, 0.2) is 0 Å². The van der Waals surface area contributed by atoms with Crippen LogP contribution in [0.1, 0.15) is 20.3 Å². The van der Waals surface area contributed by atoms with Crippen LogP contribution in [0.3, 0.4) is 0 Å². The molecular weight excluding hydrogens is 206 g/mol. The molecule has 1 atom stereocenters. The molecule has 1 amide bonds. The van der Waals surface area contributed by atoms with Crippen molar-refractivity contribution in [2.45, 2.75) is 25.8 Å². The Morgan fingerprint density at radius 2 is 2.06 bits per heavy atom. The summed E-state index contributed by atoms with van der Waals surface area (Å²) in [4.78, 5) is 24.2. The van der Waals surface area contributed by atoms with E-state index in [1.807, 2.05) is 25.9 Å². The minimum Gasteiger partial charge on any atom is -0.354 e. The van der Waals surface area contributed by atoms with Crippen molar-refractivity contribution >= 4 is 12.2 Å². The summed E-state index contributed by atoms with van der Waals surface area (Å²) in [6.45, 7) is 5.30. The highest BCUT2D eigenvalue weighted by Crippen LogP contribution is 2.03. The molecule has 5 nitrogen and oxygen atoms in total. The lowest BCUT2D eigenvalue weighted by Gasteiger charge is -2.22. The molecule has 2 N–H and O–H groups in total. The van der Waals surface area contributed by atoms with E-state index in [-0.39, 0.29) is 12.5 Å². The number of hydrogen-bond donors (Lipinski definition) is 2. The fraction of sp³-hybridized carbons (Fsp3) is 0.818. The topological polar surface area (TPSA) is 61.4 Å². The molecule has 0 spiro atoms. The van der Waals surface area contributed by atoms with Gasteiger partial charge in [-0.1, -0.05) is 6.92 Å². The number of carbonyl (C=O) groups is 2. The summed E-state index contributed by atoms with van der Waals surface area (Å²) in [6, 6.07) is 0. The monoisotopic (exact) mass is 229 g/mol. The van der Waals surface area contributed by atoms with Crippen molar-refractivity contribution in [3.05, 3.63) is 0 Å². The van der Waals surface area contributed by atoms with E-state index >= 15 is 0 Å². The summed E-state index contributed by atoms with van der Waals surface area (Å²) in [5, 5.41) is 5.72. The molecule has 0 bridgehead atoms. The van der Waals surface area contributed by atoms with Gasteiger partial charge in [-0.05, 0) is 27.4 Å². The van der Waals surface area contributed by atoms with Crippen LogP contribution in [0.5, 0.6) is 0 Å². The summed E-state index contributed by atoms with van der Waals surface area (Å²) >= 11 is 0. The SMILES string of the molecule is CC[C@](C)(C=O)NCC(=O)NCCN(C)C. The number of aldehydes is 1. The third-order valence-corrected chi connectivity index (χ3v) is 2.53. The zero-order chi connectivity index (χ0) is 12.6. The standard InChI is InChI=1S/C11H23N3O2/c1-5-11(2,9-15)13-8-10(16)12-6-7-14(3)4/h9,13H,5-8H2,1-4H3,(H,12,16)/t11-/m1/s1. The van der Waals surface area contributed by atoms with Crippen LogP contribution in [0.2, 0.25) is 0 Å². The number of carbonyl (C=O) groups excluding carboxylic acids is 2. The molecule has 0 aromatic rings. The molecule has 0 aliphatic carbocycles. The van der Waals surface area contributed by atoms with Crippen molar-refractivity contribution in [3.63, 3.8) is 0 Å². The van der Waals surface area contributed by atoms with Gasteiger partial charge in [0.25, 0.3) is 0 Å². The molecule has 0 saturated carbocycles. The zero-order valence-corrected chi connectivity index (χ0v) is 10.7. The highest BCUT2D eigenvalue weighted by molar-refractivity contribution is 5.78. The molecule has 0 unspecified atom stereocenters. The van der Waals surface area contributed by atoms with Crippen LogP contribution in [0.25, 0.3) is 0 Å². The molecule has 0 fully saturated rings. The van der Waals surface area contributed by atoms with Gasteiger partial charge in [-0.2, -0.15) is 0 Å². The van der Waals surface area contributed by atoms with Crippen LogP contribution in [0, 0.1) is 0 Å². The van der Waals surface area contributed by atoms with Gasteiger partial charge in [-0.3, -0.25) is 10.1 Å². The Labute approximate surface area is 97.6 Å². The second-order valence-electron chi connectivity index (χ2n) is 4.40. The fourth-order valence-electron chi connectivity index (χ4n) is 1.01. The smallest absolute Gasteiger partial charge is 0.234 e. The molecule has 0 aromatic heterocycles. The van der Waals surface area contributed by atoms with Crippen LogP contribution >= 0.6 is 0 Å². The number of nitrogens with zero attached hydrogens (tertiary/aromatic N) is 1. The molecule has 94 valence electrons. The van der Waals surface area contributed by atoms with E-state index in [4.69, 9.17) is 0 Å². The number of rotatable bonds is 8. The molecule has 0 rings (SSSR count). The molecule has 0 aliphatic rings. The van der Waals surface area contributed by atoms with E-state index in [0.717, 1.165) is 12.8 Å². The summed E-state index contributed by atoms with van der Waals surface area (Å²) in [5.74, 6) is -0.0802. The van der Waals surface area contributed by atoms with Crippen LogP contribution in [-0.4, -0.2) is 56.4 Å². The van der Waals surface area contributed by atoms with E-state index in [1.165, 1.54) is 0 Å². The van der Waals surface area contributed by atoms with Crippen molar-refractivity contribution in [3.8, 4) is 0 Å². The van der Waals surface area contributed by atoms with Gasteiger partial charge in [0, 0.05) is 13.1 Å². The van der Waals surface area contributed by atoms with Crippen LogP contribution in [-0.2, 0) is 9.59 Å². The number of hydrogen-bond acceptors (Lipinski definition) is 4. The Hall–Kier alpha value is -0.940. The van der Waals surface area contributed by atoms with Crippen molar-refractivity contribution in [2.75, 3.05) is 33.7 Å². The van der Waals surface area contributed by atoms with Gasteiger partial charge in [-0.15, -0.1) is 0 Å². The van der Waals surface area contributed by atoms with Gasteiger partial charge in [0.2, 0.25) is 5.91 Å². The fourth-order valence-corrected chi connectivity index (χ4v) is 1.01. The highest BCUT2D eigenvalue weighted by atomic mass is 16.2. The number of amides is 1. The van der Waals surface area contributed by atoms with Gasteiger partial charge in [0.15, 0.2) is 0 Å². The first-order chi connectivity index (χ1) is 7.43. The Bertz CT molecular complexity index is 231. The van der Waals surface area contributed by atoms with Crippen molar-refractivity contribution in [1.29, 1.82) is 0 Å². The third-order valence-electron chi connectivity index (χ3n) is 2.53. The predicted molar refractivity (Wildman–Crippen MR) is 64.3 cm³/mol. The maximum Gasteiger partial charge on any atom is 0.234 e. The lowest BCUT2D eigenvalue weighted by molar-refractivity contribution is -0.121. The maximum absolute atomic E-state index is 11.4. The van der Waals surface area contributed by atoms with Crippen molar-refractivity contribution in [2.24, 2.45) is 0 Å². The van der Waals surface area contributed by atoms with E-state index in [0.29, 0.717) is 13.0 Å². The average Bonchev–Trinajstić information content (AvgIpc) is 2.25. The molecule has 0 aliphatic heterocycles. The summed E-state index contributed by atoms with van der Waals surface area (Å²) < 4.78 is 0. The molecule has 0 radical (unpaired) electrons. The maximum atomic E-state index is 11.4. The first-order valence-electron chi connectivity index (χ1n) is 5.56. The highest BCUT2D eigenvalue weighted by Gasteiger charge is 2.20. The number of nitrogens with one attached hydrogen (secondary N) is 2. The van der Waals surface area contributed by atoms with E-state index < -0.39 is 5.54 Å². The average molecular weight is 229 g/mol. The van der Waals surface area contributed by atoms with E-state index in [2.05, 4.69) is 10.6 Å². The quantitative estimate of drug-likeness (QED) is 0.557. The van der Waals surface area contributed by atoms with Crippen LogP contribution in [0.4, 0.5) is 0 Å². The summed E-state index contributed by atoms with van der Waals surface area (Å²) in [6.07, 6.45) is 1.52. The lowest BCUT2D eigenvalue weighted by Crippen LogP contribution is -2.48. The largest absolute Gasteiger partial charge is 0.354 e. The Balaban J connectivity index is 3.76. The Morgan fingerprint density at radius 3 is 2.50 bits per heavy atom. The third kappa shape index (κ3) is 6.53. The zero-order valence-electron chi connectivity index (χ0n) is 10.7. The normalized spacial score (nSPS) is 14.6. The molecule has 16 heavy (non-hydrogen) atoms. The molecule has 0 aromatic carbocycles. The van der Waals surface area contributed by atoms with Gasteiger partial charge < -0.3 is 15.0 Å². The first kappa shape index (κ1) is 15.1. The molecular formula is C11H23N3O2. The second kappa shape index (κ2) is 7.35. The lowest BCUT2D eigenvalue weighted by atomic mass is 10.0. The minimum atomic E-state index is -0.598. The van der Waals surface area contributed by atoms with Gasteiger partial charge in [-0.25, -0.2) is 0 Å². The molecule has 0 heterocycles. The first-order valence-corrected chi connectivity index (χ1v) is 5.56. The predicted octanol–water partition coefficient (Wildman–Crippen LogP) is -0.379. The minimum absolute atomic E-state index is 0.0802. The number of likely N-dealkylation sites (N-methyl/N-ethyl adjacent to an activating group) is 1. The molecule has 0 saturated heterocycles. The van der Waals surface area contributed by atoms with E-state index in [1.54, 1.807) is 6.92 Å². The van der Waals surface area contributed by atoms with Crippen molar-refractivity contribution < 1.29 is 9.59 Å². The Kier molecular flexibility index (Phi) is 6.92. The second-order valence-corrected chi connectivity index (χ2v) is 4.40.